The van der Waals surface area contributed by atoms with Gasteiger partial charge in [0, 0.05) is 35.8 Å². The Morgan fingerprint density at radius 3 is 2.35 bits per heavy atom. The lowest BCUT2D eigenvalue weighted by atomic mass is 10.0. The summed E-state index contributed by atoms with van der Waals surface area (Å²) < 4.78 is 5.22. The fraction of sp³-hybridized carbons (Fsp3) is 0.214. The number of fused-ring (bicyclic) bond motifs is 1. The molecule has 6 heteroatoms. The molecular weight excluding hydrogens is 426 g/mol. The van der Waals surface area contributed by atoms with Crippen molar-refractivity contribution in [1.29, 1.82) is 0 Å². The lowest BCUT2D eigenvalue weighted by Crippen LogP contribution is -2.49. The first-order valence-electron chi connectivity index (χ1n) is 11.3. The third kappa shape index (κ3) is 5.12. The standard InChI is InChI=1S/C28H29N3O3/c1-19-24(23-11-7-8-12-25(23)29-19)18-27(32)30-26(17-20-9-5-4-6-10-20)28(33)31(2)21-13-15-22(34-3)16-14-21/h4-16,26,29H,17-18H2,1-3H3,(H,30,32)/t26-/m0/s1. The van der Waals surface area contributed by atoms with Crippen LogP contribution in [0.2, 0.25) is 0 Å². The number of para-hydroxylation sites is 1. The molecule has 4 aromatic rings. The van der Waals surface area contributed by atoms with Crippen LogP contribution in [0.25, 0.3) is 10.9 Å². The number of nitrogens with zero attached hydrogens (tertiary/aromatic N) is 1. The van der Waals surface area contributed by atoms with Gasteiger partial charge in [0.1, 0.15) is 11.8 Å². The normalized spacial score (nSPS) is 11.7. The number of H-pyrrole nitrogens is 1. The summed E-state index contributed by atoms with van der Waals surface area (Å²) in [6.45, 7) is 1.96. The maximum absolute atomic E-state index is 13.5. The fourth-order valence-corrected chi connectivity index (χ4v) is 4.19. The number of likely N-dealkylation sites (N-methyl/N-ethyl adjacent to an activating group) is 1. The highest BCUT2D eigenvalue weighted by Crippen LogP contribution is 2.23. The molecule has 0 bridgehead atoms. The van der Waals surface area contributed by atoms with Gasteiger partial charge in [0.25, 0.3) is 0 Å². The highest BCUT2D eigenvalue weighted by molar-refractivity contribution is 5.99. The zero-order valence-corrected chi connectivity index (χ0v) is 19.7. The lowest BCUT2D eigenvalue weighted by molar-refractivity contribution is -0.127. The number of benzene rings is 3. The SMILES string of the molecule is COc1ccc(N(C)C(=O)[C@H](Cc2ccccc2)NC(=O)Cc2c(C)[nH]c3ccccc23)cc1. The average molecular weight is 456 g/mol. The summed E-state index contributed by atoms with van der Waals surface area (Å²) in [5.41, 5.74) is 4.61. The molecule has 2 amide bonds. The van der Waals surface area contributed by atoms with Crippen LogP contribution in [0.15, 0.2) is 78.9 Å². The number of rotatable bonds is 8. The van der Waals surface area contributed by atoms with Gasteiger partial charge in [-0.25, -0.2) is 0 Å². The van der Waals surface area contributed by atoms with Crippen LogP contribution < -0.4 is 15.0 Å². The first-order valence-corrected chi connectivity index (χ1v) is 11.3. The van der Waals surface area contributed by atoms with E-state index in [0.717, 1.165) is 33.4 Å². The molecule has 1 atom stereocenters. The number of ether oxygens (including phenoxy) is 1. The topological polar surface area (TPSA) is 74.4 Å². The molecule has 174 valence electrons. The van der Waals surface area contributed by atoms with Gasteiger partial charge in [-0.15, -0.1) is 0 Å². The molecule has 0 spiro atoms. The third-order valence-electron chi connectivity index (χ3n) is 6.07. The van der Waals surface area contributed by atoms with Crippen molar-refractivity contribution in [2.24, 2.45) is 0 Å². The molecule has 0 fully saturated rings. The summed E-state index contributed by atoms with van der Waals surface area (Å²) in [6, 6.07) is 24.2. The molecule has 0 aliphatic carbocycles. The zero-order chi connectivity index (χ0) is 24.1. The minimum Gasteiger partial charge on any atom is -0.497 e. The number of aromatic nitrogens is 1. The van der Waals surface area contributed by atoms with Crippen LogP contribution >= 0.6 is 0 Å². The van der Waals surface area contributed by atoms with Crippen LogP contribution in [-0.2, 0) is 22.4 Å². The molecule has 2 N–H and O–H groups in total. The van der Waals surface area contributed by atoms with Crippen molar-refractivity contribution in [3.05, 3.63) is 95.7 Å². The van der Waals surface area contributed by atoms with Crippen molar-refractivity contribution >= 4 is 28.4 Å². The highest BCUT2D eigenvalue weighted by Gasteiger charge is 2.26. The van der Waals surface area contributed by atoms with Crippen LogP contribution in [0.4, 0.5) is 5.69 Å². The Balaban J connectivity index is 1.55. The van der Waals surface area contributed by atoms with E-state index in [1.807, 2.05) is 85.8 Å². The number of carbonyl (C=O) groups is 2. The predicted octanol–water partition coefficient (Wildman–Crippen LogP) is 4.42. The summed E-state index contributed by atoms with van der Waals surface area (Å²) in [5.74, 6) is 0.344. The zero-order valence-electron chi connectivity index (χ0n) is 19.7. The molecule has 1 aromatic heterocycles. The van der Waals surface area contributed by atoms with E-state index in [9.17, 15) is 9.59 Å². The van der Waals surface area contributed by atoms with Crippen molar-refractivity contribution in [2.45, 2.75) is 25.8 Å². The molecule has 0 saturated carbocycles. The average Bonchev–Trinajstić information content (AvgIpc) is 3.18. The third-order valence-corrected chi connectivity index (χ3v) is 6.07. The Morgan fingerprint density at radius 2 is 1.65 bits per heavy atom. The number of hydrogen-bond donors (Lipinski definition) is 2. The Labute approximate surface area is 199 Å². The van der Waals surface area contributed by atoms with E-state index >= 15 is 0 Å². The van der Waals surface area contributed by atoms with E-state index in [1.165, 1.54) is 0 Å². The van der Waals surface area contributed by atoms with Gasteiger partial charge in [-0.05, 0) is 48.4 Å². The van der Waals surface area contributed by atoms with Crippen molar-refractivity contribution in [3.63, 3.8) is 0 Å². The molecule has 3 aromatic carbocycles. The van der Waals surface area contributed by atoms with E-state index in [-0.39, 0.29) is 18.2 Å². The molecule has 0 radical (unpaired) electrons. The van der Waals surface area contributed by atoms with Crippen molar-refractivity contribution < 1.29 is 14.3 Å². The molecule has 0 aliphatic rings. The second-order valence-corrected chi connectivity index (χ2v) is 8.36. The molecule has 4 rings (SSSR count). The lowest BCUT2D eigenvalue weighted by Gasteiger charge is -2.25. The monoisotopic (exact) mass is 455 g/mol. The molecule has 0 unspecified atom stereocenters. The maximum atomic E-state index is 13.5. The molecule has 0 saturated heterocycles. The van der Waals surface area contributed by atoms with Gasteiger partial charge in [0.05, 0.1) is 13.5 Å². The second-order valence-electron chi connectivity index (χ2n) is 8.36. The van der Waals surface area contributed by atoms with Gasteiger partial charge in [-0.1, -0.05) is 48.5 Å². The number of methoxy groups -OCH3 is 1. The van der Waals surface area contributed by atoms with E-state index in [1.54, 1.807) is 19.1 Å². The maximum Gasteiger partial charge on any atom is 0.249 e. The smallest absolute Gasteiger partial charge is 0.249 e. The van der Waals surface area contributed by atoms with Crippen molar-refractivity contribution in [2.75, 3.05) is 19.1 Å². The van der Waals surface area contributed by atoms with E-state index in [2.05, 4.69) is 10.3 Å². The number of aryl methyl sites for hydroxylation is 1. The largest absolute Gasteiger partial charge is 0.497 e. The Hall–Kier alpha value is -4.06. The van der Waals surface area contributed by atoms with Crippen LogP contribution in [0.1, 0.15) is 16.8 Å². The molecule has 1 heterocycles. The number of hydrogen-bond acceptors (Lipinski definition) is 3. The minimum atomic E-state index is -0.701. The van der Waals surface area contributed by atoms with Crippen LogP contribution in [0, 0.1) is 6.92 Å². The minimum absolute atomic E-state index is 0.182. The molecular formula is C28H29N3O3. The van der Waals surface area contributed by atoms with Crippen LogP contribution in [0.3, 0.4) is 0 Å². The first kappa shape index (κ1) is 23.1. The quantitative estimate of drug-likeness (QED) is 0.413. The number of carbonyl (C=O) groups excluding carboxylic acids is 2. The fourth-order valence-electron chi connectivity index (χ4n) is 4.19. The van der Waals surface area contributed by atoms with E-state index < -0.39 is 6.04 Å². The molecule has 0 aliphatic heterocycles. The number of nitrogens with one attached hydrogen (secondary N) is 2. The van der Waals surface area contributed by atoms with Gasteiger partial charge < -0.3 is 19.9 Å². The van der Waals surface area contributed by atoms with Crippen LogP contribution in [-0.4, -0.2) is 37.0 Å². The van der Waals surface area contributed by atoms with Crippen LogP contribution in [0.5, 0.6) is 5.75 Å². The van der Waals surface area contributed by atoms with Gasteiger partial charge in [-0.3, -0.25) is 9.59 Å². The summed E-state index contributed by atoms with van der Waals surface area (Å²) >= 11 is 0. The van der Waals surface area contributed by atoms with E-state index in [0.29, 0.717) is 12.2 Å². The number of anilines is 1. The summed E-state index contributed by atoms with van der Waals surface area (Å²) in [7, 11) is 3.32. The Morgan fingerprint density at radius 1 is 0.971 bits per heavy atom. The first-order chi connectivity index (χ1) is 16.5. The number of aromatic amines is 1. The molecule has 34 heavy (non-hydrogen) atoms. The summed E-state index contributed by atoms with van der Waals surface area (Å²) in [4.78, 5) is 31.5. The van der Waals surface area contributed by atoms with Crippen molar-refractivity contribution in [3.8, 4) is 5.75 Å². The second kappa shape index (κ2) is 10.3. The van der Waals surface area contributed by atoms with Gasteiger partial charge >= 0.3 is 0 Å². The highest BCUT2D eigenvalue weighted by atomic mass is 16.5. The van der Waals surface area contributed by atoms with Gasteiger partial charge in [0.15, 0.2) is 0 Å². The van der Waals surface area contributed by atoms with E-state index in [4.69, 9.17) is 4.74 Å². The van der Waals surface area contributed by atoms with Gasteiger partial charge in [-0.2, -0.15) is 0 Å². The summed E-state index contributed by atoms with van der Waals surface area (Å²) in [5, 5.41) is 4.02. The summed E-state index contributed by atoms with van der Waals surface area (Å²) in [6.07, 6.45) is 0.597. The van der Waals surface area contributed by atoms with Gasteiger partial charge in [0.2, 0.25) is 11.8 Å². The predicted molar refractivity (Wildman–Crippen MR) is 135 cm³/mol. The number of amides is 2. The van der Waals surface area contributed by atoms with Crippen molar-refractivity contribution in [1.82, 2.24) is 10.3 Å². The Bertz CT molecular complexity index is 1280. The Kier molecular flexibility index (Phi) is 6.97. The molecule has 6 nitrogen and oxygen atoms in total.